The molecule has 1 heterocycles. The average molecular weight is 286 g/mol. The number of amides is 2. The first-order valence-electron chi connectivity index (χ1n) is 7.18. The van der Waals surface area contributed by atoms with Gasteiger partial charge in [0, 0.05) is 6.04 Å². The summed E-state index contributed by atoms with van der Waals surface area (Å²) in [6.07, 6.45) is 5.32. The molecule has 0 aromatic rings. The fourth-order valence-electron chi connectivity index (χ4n) is 2.61. The van der Waals surface area contributed by atoms with Crippen LogP contribution in [-0.2, 0) is 9.59 Å². The molecule has 110 valence electrons. The molecule has 3 unspecified atom stereocenters. The van der Waals surface area contributed by atoms with E-state index in [1.54, 1.807) is 11.8 Å². The second-order valence-electron chi connectivity index (χ2n) is 5.15. The van der Waals surface area contributed by atoms with Crippen molar-refractivity contribution in [2.24, 2.45) is 0 Å². The van der Waals surface area contributed by atoms with Crippen molar-refractivity contribution in [2.45, 2.75) is 64.6 Å². The summed E-state index contributed by atoms with van der Waals surface area (Å²) >= 11 is 1.78. The van der Waals surface area contributed by atoms with Gasteiger partial charge in [-0.1, -0.05) is 20.3 Å². The lowest BCUT2D eigenvalue weighted by molar-refractivity contribution is -0.152. The number of rotatable bonds is 7. The molecule has 4 nitrogen and oxygen atoms in total. The fourth-order valence-corrected chi connectivity index (χ4v) is 3.18. The number of carbonyl (C=O) groups is 2. The van der Waals surface area contributed by atoms with Crippen LogP contribution >= 0.6 is 11.8 Å². The zero-order valence-electron chi connectivity index (χ0n) is 12.4. The fraction of sp³-hybridized carbons (Fsp3) is 0.857. The Hall–Kier alpha value is -0.710. The van der Waals surface area contributed by atoms with Crippen LogP contribution in [0.25, 0.3) is 0 Å². The van der Waals surface area contributed by atoms with Gasteiger partial charge in [0.15, 0.2) is 0 Å². The van der Waals surface area contributed by atoms with Gasteiger partial charge >= 0.3 is 0 Å². The third kappa shape index (κ3) is 3.88. The number of thioether (sulfide) groups is 1. The summed E-state index contributed by atoms with van der Waals surface area (Å²) in [7, 11) is 0. The second-order valence-corrected chi connectivity index (χ2v) is 6.14. The molecule has 19 heavy (non-hydrogen) atoms. The van der Waals surface area contributed by atoms with E-state index in [0.717, 1.165) is 25.0 Å². The summed E-state index contributed by atoms with van der Waals surface area (Å²) < 4.78 is 0. The molecule has 3 atom stereocenters. The van der Waals surface area contributed by atoms with Crippen molar-refractivity contribution in [1.29, 1.82) is 0 Å². The van der Waals surface area contributed by atoms with E-state index < -0.39 is 0 Å². The van der Waals surface area contributed by atoms with Crippen molar-refractivity contribution >= 4 is 23.6 Å². The molecule has 0 aliphatic carbocycles. The average Bonchev–Trinajstić information content (AvgIpc) is 2.39. The Balaban J connectivity index is 2.85. The molecule has 1 saturated heterocycles. The minimum absolute atomic E-state index is 0.0107. The van der Waals surface area contributed by atoms with Crippen LogP contribution in [0.2, 0.25) is 0 Å². The summed E-state index contributed by atoms with van der Waals surface area (Å²) in [5.41, 5.74) is 0. The molecule has 0 aromatic carbocycles. The zero-order valence-corrected chi connectivity index (χ0v) is 13.3. The summed E-state index contributed by atoms with van der Waals surface area (Å²) in [5, 5.41) is 2.87. The summed E-state index contributed by atoms with van der Waals surface area (Å²) in [4.78, 5) is 26.5. The minimum Gasteiger partial charge on any atom is -0.343 e. The third-order valence-electron chi connectivity index (χ3n) is 3.69. The van der Waals surface area contributed by atoms with E-state index in [1.807, 2.05) is 18.7 Å². The Labute approximate surface area is 120 Å². The molecule has 0 aromatic heterocycles. The van der Waals surface area contributed by atoms with Gasteiger partial charge in [-0.2, -0.15) is 11.8 Å². The Kier molecular flexibility index (Phi) is 6.69. The second kappa shape index (κ2) is 7.78. The van der Waals surface area contributed by atoms with Gasteiger partial charge in [0.05, 0.1) is 0 Å². The summed E-state index contributed by atoms with van der Waals surface area (Å²) in [6, 6.07) is -0.482. The molecule has 1 aliphatic heterocycles. The standard InChI is InChI=1S/C14H26N2O2S/c1-5-7-11-14(18)16(10(3)8-9-19-4)12(6-2)13(17)15-11/h10-12H,5-9H2,1-4H3,(H,15,17). The Bertz CT molecular complexity index is 323. The Morgan fingerprint density at radius 1 is 1.37 bits per heavy atom. The molecule has 0 spiro atoms. The topological polar surface area (TPSA) is 49.4 Å². The van der Waals surface area contributed by atoms with E-state index in [2.05, 4.69) is 18.5 Å². The maximum atomic E-state index is 12.5. The highest BCUT2D eigenvalue weighted by atomic mass is 32.2. The van der Waals surface area contributed by atoms with E-state index >= 15 is 0 Å². The highest BCUT2D eigenvalue weighted by Crippen LogP contribution is 2.21. The lowest BCUT2D eigenvalue weighted by Crippen LogP contribution is -2.65. The van der Waals surface area contributed by atoms with Crippen LogP contribution in [0.5, 0.6) is 0 Å². The Morgan fingerprint density at radius 3 is 2.58 bits per heavy atom. The van der Waals surface area contributed by atoms with Gasteiger partial charge in [0.25, 0.3) is 0 Å². The number of carbonyl (C=O) groups excluding carboxylic acids is 2. The largest absolute Gasteiger partial charge is 0.343 e. The molecule has 5 heteroatoms. The minimum atomic E-state index is -0.322. The van der Waals surface area contributed by atoms with Crippen molar-refractivity contribution in [2.75, 3.05) is 12.0 Å². The Morgan fingerprint density at radius 2 is 2.05 bits per heavy atom. The summed E-state index contributed by atoms with van der Waals surface area (Å²) in [5.74, 6) is 1.13. The zero-order chi connectivity index (χ0) is 14.4. The van der Waals surface area contributed by atoms with Gasteiger partial charge < -0.3 is 10.2 Å². The molecule has 0 bridgehead atoms. The molecule has 1 fully saturated rings. The van der Waals surface area contributed by atoms with E-state index in [0.29, 0.717) is 6.42 Å². The van der Waals surface area contributed by atoms with Gasteiger partial charge in [-0.05, 0) is 38.2 Å². The molecular formula is C14H26N2O2S. The lowest BCUT2D eigenvalue weighted by Gasteiger charge is -2.42. The van der Waals surface area contributed by atoms with Gasteiger partial charge in [-0.3, -0.25) is 9.59 Å². The van der Waals surface area contributed by atoms with Gasteiger partial charge in [0.2, 0.25) is 11.8 Å². The number of piperazine rings is 1. The molecule has 0 radical (unpaired) electrons. The van der Waals surface area contributed by atoms with Crippen LogP contribution in [0.15, 0.2) is 0 Å². The highest BCUT2D eigenvalue weighted by molar-refractivity contribution is 7.98. The number of hydrogen-bond acceptors (Lipinski definition) is 3. The predicted octanol–water partition coefficient (Wildman–Crippen LogP) is 2.03. The molecule has 1 aliphatic rings. The number of hydrogen-bond donors (Lipinski definition) is 1. The van der Waals surface area contributed by atoms with E-state index in [4.69, 9.17) is 0 Å². The van der Waals surface area contributed by atoms with Crippen LogP contribution < -0.4 is 5.32 Å². The molecule has 1 rings (SSSR count). The van der Waals surface area contributed by atoms with Crippen molar-refractivity contribution in [1.82, 2.24) is 10.2 Å². The lowest BCUT2D eigenvalue weighted by atomic mass is 9.99. The van der Waals surface area contributed by atoms with Crippen LogP contribution in [0, 0.1) is 0 Å². The molecule has 2 amide bonds. The SMILES string of the molecule is CCCC1NC(=O)C(CC)N(C(C)CCSC)C1=O. The van der Waals surface area contributed by atoms with Crippen molar-refractivity contribution in [3.05, 3.63) is 0 Å². The number of nitrogens with zero attached hydrogens (tertiary/aromatic N) is 1. The highest BCUT2D eigenvalue weighted by Gasteiger charge is 2.40. The first-order valence-corrected chi connectivity index (χ1v) is 8.57. The van der Waals surface area contributed by atoms with Crippen molar-refractivity contribution < 1.29 is 9.59 Å². The maximum Gasteiger partial charge on any atom is 0.246 e. The van der Waals surface area contributed by atoms with E-state index in [1.165, 1.54) is 0 Å². The number of nitrogens with one attached hydrogen (secondary N) is 1. The van der Waals surface area contributed by atoms with E-state index in [9.17, 15) is 9.59 Å². The molecule has 0 saturated carbocycles. The van der Waals surface area contributed by atoms with Crippen LogP contribution in [0.4, 0.5) is 0 Å². The van der Waals surface area contributed by atoms with Crippen LogP contribution in [-0.4, -0.2) is 46.8 Å². The van der Waals surface area contributed by atoms with Crippen LogP contribution in [0.3, 0.4) is 0 Å². The monoisotopic (exact) mass is 286 g/mol. The first kappa shape index (κ1) is 16.3. The van der Waals surface area contributed by atoms with Gasteiger partial charge in [-0.25, -0.2) is 0 Å². The van der Waals surface area contributed by atoms with Gasteiger partial charge in [-0.15, -0.1) is 0 Å². The third-order valence-corrected chi connectivity index (χ3v) is 4.33. The quantitative estimate of drug-likeness (QED) is 0.779. The normalized spacial score (nSPS) is 25.4. The van der Waals surface area contributed by atoms with Gasteiger partial charge in [0.1, 0.15) is 12.1 Å². The van der Waals surface area contributed by atoms with Crippen molar-refractivity contribution in [3.8, 4) is 0 Å². The van der Waals surface area contributed by atoms with Crippen molar-refractivity contribution in [3.63, 3.8) is 0 Å². The maximum absolute atomic E-state index is 12.5. The summed E-state index contributed by atoms with van der Waals surface area (Å²) in [6.45, 7) is 6.05. The van der Waals surface area contributed by atoms with E-state index in [-0.39, 0.29) is 29.9 Å². The smallest absolute Gasteiger partial charge is 0.246 e. The van der Waals surface area contributed by atoms with Crippen LogP contribution in [0.1, 0.15) is 46.5 Å². The predicted molar refractivity (Wildman–Crippen MR) is 80.2 cm³/mol. The first-order chi connectivity index (χ1) is 9.06. The molecule has 1 N–H and O–H groups in total. The molecular weight excluding hydrogens is 260 g/mol.